The lowest BCUT2D eigenvalue weighted by molar-refractivity contribution is -0.160. The molecule has 1 N–H and O–H groups in total. The van der Waals surface area contributed by atoms with Crippen LogP contribution in [0.15, 0.2) is 18.2 Å². The Morgan fingerprint density at radius 1 is 1.61 bits per heavy atom. The van der Waals surface area contributed by atoms with E-state index in [1.165, 1.54) is 17.2 Å². The second-order valence-corrected chi connectivity index (χ2v) is 4.43. The molecular formula is C12H14ClFN2O2. The number of hydrogen-bond donors (Lipinski definition) is 1. The topological polar surface area (TPSA) is 41.6 Å². The van der Waals surface area contributed by atoms with E-state index in [4.69, 9.17) is 16.4 Å². The molecule has 98 valence electrons. The molecule has 1 aromatic carbocycles. The van der Waals surface area contributed by atoms with Gasteiger partial charge in [-0.3, -0.25) is 14.9 Å². The first kappa shape index (κ1) is 13.3. The number of carbonyl (C=O) groups is 1. The number of halogens is 2. The van der Waals surface area contributed by atoms with E-state index in [2.05, 4.69) is 5.32 Å². The zero-order chi connectivity index (χ0) is 13.1. The van der Waals surface area contributed by atoms with Crippen molar-refractivity contribution in [3.05, 3.63) is 34.6 Å². The smallest absolute Gasteiger partial charge is 0.265 e. The van der Waals surface area contributed by atoms with Crippen molar-refractivity contribution in [1.82, 2.24) is 10.4 Å². The van der Waals surface area contributed by atoms with Gasteiger partial charge < -0.3 is 0 Å². The SMILES string of the molecule is CCN1OCC(NCc2cc(Cl)ccc2F)C1=O. The van der Waals surface area contributed by atoms with E-state index in [0.29, 0.717) is 17.1 Å². The van der Waals surface area contributed by atoms with Crippen LogP contribution in [0.1, 0.15) is 12.5 Å². The number of rotatable bonds is 4. The van der Waals surface area contributed by atoms with E-state index >= 15 is 0 Å². The Morgan fingerprint density at radius 2 is 2.39 bits per heavy atom. The fourth-order valence-corrected chi connectivity index (χ4v) is 1.97. The third kappa shape index (κ3) is 2.80. The maximum Gasteiger partial charge on any atom is 0.265 e. The van der Waals surface area contributed by atoms with E-state index in [-0.39, 0.29) is 24.9 Å². The van der Waals surface area contributed by atoms with E-state index in [1.54, 1.807) is 6.07 Å². The normalized spacial score (nSPS) is 19.6. The van der Waals surface area contributed by atoms with E-state index in [1.807, 2.05) is 6.92 Å². The summed E-state index contributed by atoms with van der Waals surface area (Å²) >= 11 is 5.79. The first-order chi connectivity index (χ1) is 8.61. The standard InChI is InChI=1S/C12H14ClFN2O2/c1-2-16-12(17)11(7-18-16)15-6-8-5-9(13)3-4-10(8)14/h3-5,11,15H,2,6-7H2,1H3. The molecule has 1 atom stereocenters. The number of carbonyl (C=O) groups excluding carboxylic acids is 1. The van der Waals surface area contributed by atoms with Crippen molar-refractivity contribution in [2.75, 3.05) is 13.2 Å². The van der Waals surface area contributed by atoms with Gasteiger partial charge in [0, 0.05) is 23.7 Å². The van der Waals surface area contributed by atoms with Gasteiger partial charge in [-0.2, -0.15) is 0 Å². The summed E-state index contributed by atoms with van der Waals surface area (Å²) in [5.74, 6) is -0.467. The summed E-state index contributed by atoms with van der Waals surface area (Å²) in [6, 6.07) is 3.92. The molecule has 0 spiro atoms. The Kier molecular flexibility index (Phi) is 4.16. The Hall–Kier alpha value is -1.17. The highest BCUT2D eigenvalue weighted by Gasteiger charge is 2.31. The van der Waals surface area contributed by atoms with Gasteiger partial charge in [-0.25, -0.2) is 9.45 Å². The second-order valence-electron chi connectivity index (χ2n) is 4.00. The van der Waals surface area contributed by atoms with Crippen LogP contribution in [0, 0.1) is 5.82 Å². The Morgan fingerprint density at radius 3 is 3.06 bits per heavy atom. The van der Waals surface area contributed by atoms with Gasteiger partial charge in [0.1, 0.15) is 11.9 Å². The third-order valence-corrected chi connectivity index (χ3v) is 3.01. The van der Waals surface area contributed by atoms with Crippen LogP contribution >= 0.6 is 11.6 Å². The van der Waals surface area contributed by atoms with E-state index < -0.39 is 6.04 Å². The van der Waals surface area contributed by atoms with Crippen molar-refractivity contribution >= 4 is 17.5 Å². The van der Waals surface area contributed by atoms with Gasteiger partial charge in [-0.15, -0.1) is 0 Å². The number of nitrogens with zero attached hydrogens (tertiary/aromatic N) is 1. The summed E-state index contributed by atoms with van der Waals surface area (Å²) in [5, 5.41) is 4.73. The molecule has 0 saturated carbocycles. The molecule has 6 heteroatoms. The molecule has 18 heavy (non-hydrogen) atoms. The molecule has 1 aliphatic rings. The van der Waals surface area contributed by atoms with Crippen molar-refractivity contribution in [2.24, 2.45) is 0 Å². The minimum Gasteiger partial charge on any atom is -0.300 e. The van der Waals surface area contributed by atoms with Gasteiger partial charge in [0.2, 0.25) is 0 Å². The van der Waals surface area contributed by atoms with Gasteiger partial charge in [0.25, 0.3) is 5.91 Å². The van der Waals surface area contributed by atoms with Crippen molar-refractivity contribution < 1.29 is 14.0 Å². The van der Waals surface area contributed by atoms with Crippen LogP contribution in [0.3, 0.4) is 0 Å². The predicted octanol–water partition coefficient (Wildman–Crippen LogP) is 1.73. The molecule has 1 aliphatic heterocycles. The average Bonchev–Trinajstić information content (AvgIpc) is 2.71. The van der Waals surface area contributed by atoms with Gasteiger partial charge >= 0.3 is 0 Å². The molecule has 0 bridgehead atoms. The minimum absolute atomic E-state index is 0.125. The molecule has 1 amide bonds. The molecule has 4 nitrogen and oxygen atoms in total. The van der Waals surface area contributed by atoms with Crippen LogP contribution in [0.2, 0.25) is 5.02 Å². The maximum absolute atomic E-state index is 13.5. The number of nitrogens with one attached hydrogen (secondary N) is 1. The van der Waals surface area contributed by atoms with Gasteiger partial charge in [-0.05, 0) is 25.1 Å². The number of likely N-dealkylation sites (N-methyl/N-ethyl adjacent to an activating group) is 1. The molecule has 1 unspecified atom stereocenters. The molecular weight excluding hydrogens is 259 g/mol. The fourth-order valence-electron chi connectivity index (χ4n) is 1.78. The average molecular weight is 273 g/mol. The zero-order valence-electron chi connectivity index (χ0n) is 9.95. The Labute approximate surface area is 110 Å². The fraction of sp³-hybridized carbons (Fsp3) is 0.417. The molecule has 1 heterocycles. The van der Waals surface area contributed by atoms with Gasteiger partial charge in [-0.1, -0.05) is 11.6 Å². The summed E-state index contributed by atoms with van der Waals surface area (Å²) < 4.78 is 13.5. The Bertz CT molecular complexity index is 456. The van der Waals surface area contributed by atoms with E-state index in [9.17, 15) is 9.18 Å². The summed E-state index contributed by atoms with van der Waals surface area (Å²) in [5.41, 5.74) is 0.435. The summed E-state index contributed by atoms with van der Waals surface area (Å²) in [6.07, 6.45) is 0. The monoisotopic (exact) mass is 272 g/mol. The highest BCUT2D eigenvalue weighted by Crippen LogP contribution is 2.15. The first-order valence-corrected chi connectivity index (χ1v) is 6.11. The van der Waals surface area contributed by atoms with Crippen LogP contribution < -0.4 is 5.32 Å². The first-order valence-electron chi connectivity index (χ1n) is 5.73. The quantitative estimate of drug-likeness (QED) is 0.908. The summed E-state index contributed by atoms with van der Waals surface area (Å²) in [6.45, 7) is 2.85. The van der Waals surface area contributed by atoms with Crippen LogP contribution in [0.5, 0.6) is 0 Å². The molecule has 0 radical (unpaired) electrons. The van der Waals surface area contributed by atoms with Crippen molar-refractivity contribution in [3.63, 3.8) is 0 Å². The highest BCUT2D eigenvalue weighted by molar-refractivity contribution is 6.30. The second kappa shape index (κ2) is 5.65. The largest absolute Gasteiger partial charge is 0.300 e. The van der Waals surface area contributed by atoms with Crippen LogP contribution in [-0.2, 0) is 16.2 Å². The van der Waals surface area contributed by atoms with E-state index in [0.717, 1.165) is 0 Å². The molecule has 1 aromatic rings. The number of hydroxylamine groups is 2. The highest BCUT2D eigenvalue weighted by atomic mass is 35.5. The summed E-state index contributed by atoms with van der Waals surface area (Å²) in [7, 11) is 0. The van der Waals surface area contributed by atoms with Gasteiger partial charge in [0.05, 0.1) is 6.61 Å². The third-order valence-electron chi connectivity index (χ3n) is 2.77. The lowest BCUT2D eigenvalue weighted by Gasteiger charge is -2.12. The number of hydrogen-bond acceptors (Lipinski definition) is 3. The van der Waals surface area contributed by atoms with Crippen LogP contribution in [0.25, 0.3) is 0 Å². The van der Waals surface area contributed by atoms with Crippen LogP contribution in [-0.4, -0.2) is 30.2 Å². The summed E-state index contributed by atoms with van der Waals surface area (Å²) in [4.78, 5) is 16.9. The molecule has 0 aliphatic carbocycles. The maximum atomic E-state index is 13.5. The molecule has 1 fully saturated rings. The minimum atomic E-state index is -0.427. The lowest BCUT2D eigenvalue weighted by Crippen LogP contribution is -2.39. The zero-order valence-corrected chi connectivity index (χ0v) is 10.7. The predicted molar refractivity (Wildman–Crippen MR) is 65.4 cm³/mol. The molecule has 0 aromatic heterocycles. The van der Waals surface area contributed by atoms with Crippen LogP contribution in [0.4, 0.5) is 4.39 Å². The Balaban J connectivity index is 1.96. The van der Waals surface area contributed by atoms with Gasteiger partial charge in [0.15, 0.2) is 0 Å². The molecule has 2 rings (SSSR count). The van der Waals surface area contributed by atoms with Crippen molar-refractivity contribution in [3.8, 4) is 0 Å². The van der Waals surface area contributed by atoms with Crippen molar-refractivity contribution in [2.45, 2.75) is 19.5 Å². The number of amides is 1. The number of benzene rings is 1. The molecule has 1 saturated heterocycles. The van der Waals surface area contributed by atoms with Crippen molar-refractivity contribution in [1.29, 1.82) is 0 Å². The lowest BCUT2D eigenvalue weighted by atomic mass is 10.2.